The van der Waals surface area contributed by atoms with Crippen LogP contribution in [0.3, 0.4) is 0 Å². The third-order valence-corrected chi connectivity index (χ3v) is 4.57. The maximum absolute atomic E-state index is 12.4. The zero-order valence-corrected chi connectivity index (χ0v) is 16.4. The first kappa shape index (κ1) is 27.0. The quantitative estimate of drug-likeness (QED) is 0.189. The highest BCUT2D eigenvalue weighted by molar-refractivity contribution is 5.81. The number of hydrogen-bond donors (Lipinski definition) is 0. The summed E-state index contributed by atoms with van der Waals surface area (Å²) in [5, 5.41) is 11.1. The van der Waals surface area contributed by atoms with Gasteiger partial charge in [0, 0.05) is 0 Å². The fourth-order valence-corrected chi connectivity index (χ4v) is 2.78. The van der Waals surface area contributed by atoms with E-state index in [1.165, 1.54) is 38.5 Å². The van der Waals surface area contributed by atoms with Crippen LogP contribution in [0, 0.1) is 0 Å². The molecule has 3 nitrogen and oxygen atoms in total. The number of ether oxygens (including phenoxy) is 1. The number of unbranched alkanes of at least 4 members (excludes halogenated alkanes) is 12. The molecule has 0 radical (unpaired) electrons. The summed E-state index contributed by atoms with van der Waals surface area (Å²) in [7, 11) is 0. The molecule has 168 valence electrons. The first-order valence-electron chi connectivity index (χ1n) is 9.99. The minimum atomic E-state index is -6.31. The summed E-state index contributed by atoms with van der Waals surface area (Å²) in [5.74, 6) is -2.84. The molecular formula is C19H31F6O3-. The number of esters is 1. The number of hydrogen-bond acceptors (Lipinski definition) is 3. The Morgan fingerprint density at radius 1 is 0.679 bits per heavy atom. The Labute approximate surface area is 162 Å². The Kier molecular flexibility index (Phi) is 12.8. The predicted octanol–water partition coefficient (Wildman–Crippen LogP) is 5.84. The molecule has 0 saturated carbocycles. The third-order valence-electron chi connectivity index (χ3n) is 4.57. The summed E-state index contributed by atoms with van der Waals surface area (Å²) in [6.45, 7) is 1.54. The molecule has 0 amide bonds. The summed E-state index contributed by atoms with van der Waals surface area (Å²) >= 11 is 0. The van der Waals surface area contributed by atoms with Gasteiger partial charge in [-0.15, -0.1) is 0 Å². The highest BCUT2D eigenvalue weighted by atomic mass is 19.4. The molecule has 0 aliphatic heterocycles. The van der Waals surface area contributed by atoms with E-state index in [1.807, 2.05) is 0 Å². The van der Waals surface area contributed by atoms with Gasteiger partial charge < -0.3 is 9.84 Å². The van der Waals surface area contributed by atoms with Crippen LogP contribution in [0.25, 0.3) is 0 Å². The molecule has 9 heteroatoms. The summed E-state index contributed by atoms with van der Waals surface area (Å²) in [6.07, 6.45) is 0.412. The molecule has 0 fully saturated rings. The Bertz CT molecular complexity index is 407. The van der Waals surface area contributed by atoms with Crippen molar-refractivity contribution in [3.05, 3.63) is 0 Å². The molecular weight excluding hydrogens is 390 g/mol. The van der Waals surface area contributed by atoms with E-state index in [1.54, 1.807) is 0 Å². The van der Waals surface area contributed by atoms with Gasteiger partial charge in [0.1, 0.15) is 0 Å². The lowest BCUT2D eigenvalue weighted by Crippen LogP contribution is -2.71. The van der Waals surface area contributed by atoms with Crippen molar-refractivity contribution in [2.45, 2.75) is 108 Å². The highest BCUT2D eigenvalue weighted by Crippen LogP contribution is 2.41. The molecule has 0 aromatic heterocycles. The van der Waals surface area contributed by atoms with Crippen LogP contribution in [0.1, 0.15) is 90.4 Å². The van der Waals surface area contributed by atoms with Gasteiger partial charge in [0.15, 0.2) is 5.60 Å². The topological polar surface area (TPSA) is 49.4 Å². The highest BCUT2D eigenvalue weighted by Gasteiger charge is 2.68. The maximum atomic E-state index is 12.4. The average molecular weight is 421 g/mol. The molecule has 0 aromatic carbocycles. The Balaban J connectivity index is 3.79. The SMILES string of the molecule is CCCCCCCCCCCCCCCOC(=O)C([O-])(C(F)(F)F)C(F)(F)F. The van der Waals surface area contributed by atoms with Gasteiger partial charge in [-0.25, -0.2) is 0 Å². The maximum Gasteiger partial charge on any atom is 0.399 e. The molecule has 0 atom stereocenters. The smallest absolute Gasteiger partial charge is 0.399 e. The molecule has 0 rings (SSSR count). The third kappa shape index (κ3) is 9.47. The van der Waals surface area contributed by atoms with Crippen LogP contribution in [0.2, 0.25) is 0 Å². The van der Waals surface area contributed by atoms with Crippen molar-refractivity contribution in [3.63, 3.8) is 0 Å². The van der Waals surface area contributed by atoms with Crippen molar-refractivity contribution in [1.29, 1.82) is 0 Å². The van der Waals surface area contributed by atoms with Crippen LogP contribution in [0.15, 0.2) is 0 Å². The first-order valence-corrected chi connectivity index (χ1v) is 9.99. The fourth-order valence-electron chi connectivity index (χ4n) is 2.78. The largest absolute Gasteiger partial charge is 0.828 e. The molecule has 0 bridgehead atoms. The first-order chi connectivity index (χ1) is 13.0. The number of carbonyl (C=O) groups excluding carboxylic acids is 1. The number of halogens is 6. The van der Waals surface area contributed by atoms with E-state index in [2.05, 4.69) is 11.7 Å². The van der Waals surface area contributed by atoms with Crippen LogP contribution >= 0.6 is 0 Å². The number of rotatable bonds is 15. The van der Waals surface area contributed by atoms with Crippen molar-refractivity contribution >= 4 is 5.97 Å². The molecule has 0 spiro atoms. The molecule has 28 heavy (non-hydrogen) atoms. The van der Waals surface area contributed by atoms with Crippen molar-refractivity contribution in [3.8, 4) is 0 Å². The molecule has 0 aliphatic carbocycles. The van der Waals surface area contributed by atoms with Gasteiger partial charge in [0.2, 0.25) is 0 Å². The average Bonchev–Trinajstić information content (AvgIpc) is 2.59. The van der Waals surface area contributed by atoms with Gasteiger partial charge in [-0.3, -0.25) is 4.79 Å². The molecule has 0 aliphatic rings. The normalized spacial score (nSPS) is 13.0. The zero-order valence-electron chi connectivity index (χ0n) is 16.4. The van der Waals surface area contributed by atoms with E-state index in [0.29, 0.717) is 6.42 Å². The van der Waals surface area contributed by atoms with Gasteiger partial charge in [0.05, 0.1) is 6.61 Å². The fraction of sp³-hybridized carbons (Fsp3) is 0.947. The predicted molar refractivity (Wildman–Crippen MR) is 91.5 cm³/mol. The molecule has 0 aromatic rings. The Morgan fingerprint density at radius 2 is 1.00 bits per heavy atom. The second-order valence-electron chi connectivity index (χ2n) is 7.06. The Morgan fingerprint density at radius 3 is 1.32 bits per heavy atom. The lowest BCUT2D eigenvalue weighted by Gasteiger charge is -2.40. The van der Waals surface area contributed by atoms with Crippen LogP contribution in [0.5, 0.6) is 0 Å². The number of carbonyl (C=O) groups is 1. The van der Waals surface area contributed by atoms with E-state index in [0.717, 1.165) is 32.1 Å². The molecule has 0 N–H and O–H groups in total. The number of alkyl halides is 6. The van der Waals surface area contributed by atoms with Crippen molar-refractivity contribution in [2.75, 3.05) is 6.61 Å². The van der Waals surface area contributed by atoms with Gasteiger partial charge >= 0.3 is 18.3 Å². The van der Waals surface area contributed by atoms with E-state index >= 15 is 0 Å². The second-order valence-corrected chi connectivity index (χ2v) is 7.06. The van der Waals surface area contributed by atoms with Crippen LogP contribution < -0.4 is 5.11 Å². The minimum absolute atomic E-state index is 0.120. The Hall–Kier alpha value is -0.990. The molecule has 0 unspecified atom stereocenters. The summed E-state index contributed by atoms with van der Waals surface area (Å²) < 4.78 is 78.4. The van der Waals surface area contributed by atoms with Gasteiger partial charge in [-0.05, 0) is 6.42 Å². The lowest BCUT2D eigenvalue weighted by atomic mass is 10.0. The molecule has 0 saturated heterocycles. The van der Waals surface area contributed by atoms with Crippen LogP contribution in [0.4, 0.5) is 26.3 Å². The zero-order chi connectivity index (χ0) is 21.7. The standard InChI is InChI=1S/C19H31F6O3/c1-2-3-4-5-6-7-8-9-10-11-12-13-14-15-28-16(26)17(27,18(20,21)22)19(23,24)25/h2-15H2,1H3/q-1. The molecule has 0 heterocycles. The van der Waals surface area contributed by atoms with E-state index < -0.39 is 30.5 Å². The van der Waals surface area contributed by atoms with E-state index in [4.69, 9.17) is 0 Å². The van der Waals surface area contributed by atoms with E-state index in [-0.39, 0.29) is 6.42 Å². The summed E-state index contributed by atoms with van der Waals surface area (Å²) in [5.41, 5.74) is -5.74. The summed E-state index contributed by atoms with van der Waals surface area (Å²) in [6, 6.07) is 0. The van der Waals surface area contributed by atoms with Crippen molar-refractivity contribution in [2.24, 2.45) is 0 Å². The van der Waals surface area contributed by atoms with Crippen LogP contribution in [-0.2, 0) is 9.53 Å². The van der Waals surface area contributed by atoms with Gasteiger partial charge in [0.25, 0.3) is 0 Å². The monoisotopic (exact) mass is 421 g/mol. The van der Waals surface area contributed by atoms with Crippen LogP contribution in [-0.4, -0.2) is 30.5 Å². The van der Waals surface area contributed by atoms with Crippen molar-refractivity contribution < 1.29 is 41.0 Å². The van der Waals surface area contributed by atoms with Gasteiger partial charge in [-0.1, -0.05) is 84.0 Å². The summed E-state index contributed by atoms with van der Waals surface area (Å²) in [4.78, 5) is 11.1. The van der Waals surface area contributed by atoms with E-state index in [9.17, 15) is 36.2 Å². The lowest BCUT2D eigenvalue weighted by molar-refractivity contribution is -0.574. The van der Waals surface area contributed by atoms with Crippen molar-refractivity contribution in [1.82, 2.24) is 0 Å². The minimum Gasteiger partial charge on any atom is -0.828 e. The second kappa shape index (κ2) is 13.3. The van der Waals surface area contributed by atoms with Gasteiger partial charge in [-0.2, -0.15) is 26.3 Å².